The lowest BCUT2D eigenvalue weighted by Gasteiger charge is -2.25. The standard InChI is InChI=1S/C25H25F3N8O3S/c26-25(27,28)39-21-4-1-2-5-22(21)40(37,38)35-11-3-10-34(12-13-35)16-19(6-8-29)36-15-18(14-33-36)23-20-7-9-30-24(20)32-17-31-23/h1-2,4-5,7,9,14-15,17,19H,3,6,10-13,16H2,(H,30,31,32). The largest absolute Gasteiger partial charge is 0.573 e. The number of rotatable bonds is 8. The molecule has 1 saturated heterocycles. The predicted octanol–water partition coefficient (Wildman–Crippen LogP) is 3.57. The number of ether oxygens (including phenoxy) is 1. The summed E-state index contributed by atoms with van der Waals surface area (Å²) in [6, 6.07) is 8.49. The molecule has 11 nitrogen and oxygen atoms in total. The molecule has 1 aliphatic rings. The highest BCUT2D eigenvalue weighted by Gasteiger charge is 2.36. The van der Waals surface area contributed by atoms with Crippen LogP contribution in [0.2, 0.25) is 0 Å². The second kappa shape index (κ2) is 11.2. The van der Waals surface area contributed by atoms with Crippen LogP contribution in [0.5, 0.6) is 5.75 Å². The van der Waals surface area contributed by atoms with Gasteiger partial charge in [0.1, 0.15) is 22.6 Å². The van der Waals surface area contributed by atoms with Crippen molar-refractivity contribution in [2.24, 2.45) is 0 Å². The third-order valence-corrected chi connectivity index (χ3v) is 8.58. The topological polar surface area (TPSA) is 133 Å². The number of nitrogens with one attached hydrogen (secondary N) is 1. The molecule has 4 heterocycles. The molecule has 1 fully saturated rings. The van der Waals surface area contributed by atoms with E-state index in [1.807, 2.05) is 17.2 Å². The molecule has 0 radical (unpaired) electrons. The molecule has 0 bridgehead atoms. The summed E-state index contributed by atoms with van der Waals surface area (Å²) in [7, 11) is -4.25. The molecule has 0 saturated carbocycles. The second-order valence-electron chi connectivity index (χ2n) is 9.24. The van der Waals surface area contributed by atoms with Gasteiger partial charge in [-0.3, -0.25) is 9.58 Å². The van der Waals surface area contributed by atoms with E-state index in [0.717, 1.165) is 23.1 Å². The lowest BCUT2D eigenvalue weighted by atomic mass is 10.1. The van der Waals surface area contributed by atoms with E-state index in [4.69, 9.17) is 0 Å². The molecule has 1 N–H and O–H groups in total. The minimum Gasteiger partial charge on any atom is -0.404 e. The number of hydrogen-bond acceptors (Lipinski definition) is 8. The minimum absolute atomic E-state index is 0.0682. The molecule has 1 aliphatic heterocycles. The van der Waals surface area contributed by atoms with Gasteiger partial charge in [0.05, 0.1) is 30.4 Å². The van der Waals surface area contributed by atoms with Gasteiger partial charge in [-0.2, -0.15) is 14.7 Å². The quantitative estimate of drug-likeness (QED) is 0.338. The first-order chi connectivity index (χ1) is 19.2. The number of aromatic amines is 1. The number of alkyl halides is 3. The molecule has 0 spiro atoms. The number of hydrogen-bond donors (Lipinski definition) is 1. The number of sulfonamides is 1. The van der Waals surface area contributed by atoms with E-state index in [1.54, 1.807) is 17.1 Å². The highest BCUT2D eigenvalue weighted by Crippen LogP contribution is 2.32. The molecule has 0 amide bonds. The highest BCUT2D eigenvalue weighted by molar-refractivity contribution is 7.89. The summed E-state index contributed by atoms with van der Waals surface area (Å²) in [5.74, 6) is -0.764. The summed E-state index contributed by atoms with van der Waals surface area (Å²) in [6.45, 7) is 1.50. The van der Waals surface area contributed by atoms with Crippen LogP contribution in [-0.4, -0.2) is 81.4 Å². The Morgan fingerprint density at radius 2 is 1.95 bits per heavy atom. The van der Waals surface area contributed by atoms with Crippen LogP contribution < -0.4 is 4.74 Å². The first-order valence-corrected chi connectivity index (χ1v) is 13.9. The molecule has 40 heavy (non-hydrogen) atoms. The van der Waals surface area contributed by atoms with Crippen LogP contribution in [0, 0.1) is 11.3 Å². The van der Waals surface area contributed by atoms with Crippen molar-refractivity contribution < 1.29 is 26.3 Å². The van der Waals surface area contributed by atoms with Crippen molar-refractivity contribution in [3.63, 3.8) is 0 Å². The Labute approximate surface area is 227 Å². The smallest absolute Gasteiger partial charge is 0.404 e. The summed E-state index contributed by atoms with van der Waals surface area (Å²) in [6.07, 6.45) is 2.34. The molecule has 1 unspecified atom stereocenters. The van der Waals surface area contributed by atoms with Crippen LogP contribution in [0.25, 0.3) is 22.3 Å². The minimum atomic E-state index is -5.02. The van der Waals surface area contributed by atoms with Gasteiger partial charge in [-0.05, 0) is 31.2 Å². The fourth-order valence-corrected chi connectivity index (χ4v) is 6.37. The second-order valence-corrected chi connectivity index (χ2v) is 11.1. The Hall–Kier alpha value is -4.00. The number of nitriles is 1. The Morgan fingerprint density at radius 1 is 1.12 bits per heavy atom. The maximum absolute atomic E-state index is 13.3. The van der Waals surface area contributed by atoms with Crippen LogP contribution in [0.4, 0.5) is 13.2 Å². The molecule has 210 valence electrons. The van der Waals surface area contributed by atoms with Gasteiger partial charge in [0.25, 0.3) is 0 Å². The fraction of sp³-hybridized carbons (Fsp3) is 0.360. The average Bonchev–Trinajstić information content (AvgIpc) is 3.53. The van der Waals surface area contributed by atoms with Crippen LogP contribution in [-0.2, 0) is 10.0 Å². The van der Waals surface area contributed by atoms with Gasteiger partial charge in [0.15, 0.2) is 0 Å². The normalized spacial score (nSPS) is 16.4. The average molecular weight is 575 g/mol. The molecule has 0 aliphatic carbocycles. The number of halogens is 3. The molecule has 3 aromatic heterocycles. The van der Waals surface area contributed by atoms with Crippen molar-refractivity contribution >= 4 is 21.1 Å². The van der Waals surface area contributed by atoms with E-state index in [2.05, 4.69) is 30.9 Å². The SMILES string of the molecule is N#CCC(CN1CCCN(S(=O)(=O)c2ccccc2OC(F)(F)F)CC1)n1cc(-c2ncnc3[nH]ccc23)cn1. The predicted molar refractivity (Wildman–Crippen MR) is 137 cm³/mol. The Kier molecular flexibility index (Phi) is 7.74. The van der Waals surface area contributed by atoms with E-state index < -0.39 is 27.0 Å². The van der Waals surface area contributed by atoms with Crippen LogP contribution in [0.3, 0.4) is 0 Å². The zero-order valence-corrected chi connectivity index (χ0v) is 21.9. The van der Waals surface area contributed by atoms with Gasteiger partial charge in [0, 0.05) is 49.5 Å². The summed E-state index contributed by atoms with van der Waals surface area (Å²) in [4.78, 5) is 13.1. The van der Waals surface area contributed by atoms with Crippen LogP contribution in [0.1, 0.15) is 18.9 Å². The zero-order valence-electron chi connectivity index (χ0n) is 21.1. The molecule has 4 aromatic rings. The van der Waals surface area contributed by atoms with Crippen molar-refractivity contribution in [2.45, 2.75) is 30.1 Å². The van der Waals surface area contributed by atoms with E-state index >= 15 is 0 Å². The fourth-order valence-electron chi connectivity index (χ4n) is 4.79. The summed E-state index contributed by atoms with van der Waals surface area (Å²) >= 11 is 0. The first-order valence-electron chi connectivity index (χ1n) is 12.4. The van der Waals surface area contributed by atoms with Gasteiger partial charge in [-0.1, -0.05) is 12.1 Å². The number of fused-ring (bicyclic) bond motifs is 1. The van der Waals surface area contributed by atoms with Gasteiger partial charge in [-0.15, -0.1) is 13.2 Å². The molecule has 1 aromatic carbocycles. The molecule has 15 heteroatoms. The Morgan fingerprint density at radius 3 is 2.75 bits per heavy atom. The van der Waals surface area contributed by atoms with Crippen molar-refractivity contribution in [3.8, 4) is 23.1 Å². The zero-order chi connectivity index (χ0) is 28.3. The monoisotopic (exact) mass is 574 g/mol. The van der Waals surface area contributed by atoms with Crippen molar-refractivity contribution in [1.29, 1.82) is 5.26 Å². The van der Waals surface area contributed by atoms with Crippen molar-refractivity contribution in [2.75, 3.05) is 32.7 Å². The summed E-state index contributed by atoms with van der Waals surface area (Å²) in [5, 5.41) is 14.8. The molecule has 5 rings (SSSR count). The first kappa shape index (κ1) is 27.6. The maximum atomic E-state index is 13.3. The number of benzene rings is 1. The molecular formula is C25H25F3N8O3S. The Bertz CT molecular complexity index is 1630. The molecule has 1 atom stereocenters. The number of nitrogens with zero attached hydrogens (tertiary/aromatic N) is 7. The number of H-pyrrole nitrogens is 1. The third-order valence-electron chi connectivity index (χ3n) is 6.64. The van der Waals surface area contributed by atoms with E-state index in [1.165, 1.54) is 22.8 Å². The van der Waals surface area contributed by atoms with Gasteiger partial charge >= 0.3 is 6.36 Å². The van der Waals surface area contributed by atoms with Crippen LogP contribution in [0.15, 0.2) is 60.1 Å². The van der Waals surface area contributed by atoms with Gasteiger partial charge < -0.3 is 9.72 Å². The lowest BCUT2D eigenvalue weighted by molar-refractivity contribution is -0.275. The van der Waals surface area contributed by atoms with Crippen molar-refractivity contribution in [3.05, 3.63) is 55.2 Å². The van der Waals surface area contributed by atoms with E-state index in [-0.39, 0.29) is 25.6 Å². The van der Waals surface area contributed by atoms with Crippen LogP contribution >= 0.6 is 0 Å². The molecular weight excluding hydrogens is 549 g/mol. The Balaban J connectivity index is 1.30. The van der Waals surface area contributed by atoms with Gasteiger partial charge in [0.2, 0.25) is 10.0 Å². The maximum Gasteiger partial charge on any atom is 0.573 e. The highest BCUT2D eigenvalue weighted by atomic mass is 32.2. The van der Waals surface area contributed by atoms with Crippen molar-refractivity contribution in [1.82, 2.24) is 33.9 Å². The van der Waals surface area contributed by atoms with E-state index in [0.29, 0.717) is 37.4 Å². The number of aromatic nitrogens is 5. The lowest BCUT2D eigenvalue weighted by Crippen LogP contribution is -2.37. The number of para-hydroxylation sites is 1. The van der Waals surface area contributed by atoms with E-state index in [9.17, 15) is 26.9 Å². The summed E-state index contributed by atoms with van der Waals surface area (Å²) < 4.78 is 72.1. The summed E-state index contributed by atoms with van der Waals surface area (Å²) in [5.41, 5.74) is 2.17. The van der Waals surface area contributed by atoms with Gasteiger partial charge in [-0.25, -0.2) is 18.4 Å². The third kappa shape index (κ3) is 5.93.